The van der Waals surface area contributed by atoms with Crippen molar-refractivity contribution in [2.75, 3.05) is 33.3 Å². The first-order chi connectivity index (χ1) is 9.06. The van der Waals surface area contributed by atoms with Crippen LogP contribution in [0.1, 0.15) is 18.1 Å². The molecule has 19 heavy (non-hydrogen) atoms. The Morgan fingerprint density at radius 3 is 2.68 bits per heavy atom. The predicted octanol–water partition coefficient (Wildman–Crippen LogP) is 1.15. The van der Waals surface area contributed by atoms with Gasteiger partial charge in [0.2, 0.25) is 0 Å². The zero-order valence-electron chi connectivity index (χ0n) is 12.4. The average Bonchev–Trinajstić information content (AvgIpc) is 2.39. The molecule has 1 unspecified atom stereocenters. The lowest BCUT2D eigenvalue weighted by Crippen LogP contribution is -2.41. The largest absolute Gasteiger partial charge is 0.494 e. The molecule has 0 aliphatic rings. The predicted molar refractivity (Wildman–Crippen MR) is 80.6 cm³/mol. The molecule has 0 fully saturated rings. The zero-order chi connectivity index (χ0) is 14.3. The molecule has 0 aliphatic carbocycles. The van der Waals surface area contributed by atoms with E-state index in [1.807, 2.05) is 6.92 Å². The number of benzene rings is 1. The Morgan fingerprint density at radius 1 is 1.37 bits per heavy atom. The van der Waals surface area contributed by atoms with Crippen molar-refractivity contribution in [2.24, 2.45) is 11.5 Å². The number of hydrogen-bond acceptors (Lipinski definition) is 4. The van der Waals surface area contributed by atoms with Gasteiger partial charge in [0.1, 0.15) is 5.75 Å². The molecule has 0 heterocycles. The van der Waals surface area contributed by atoms with Gasteiger partial charge in [0, 0.05) is 25.7 Å². The molecule has 4 N–H and O–H groups in total. The summed E-state index contributed by atoms with van der Waals surface area (Å²) in [6.07, 6.45) is 1.01. The summed E-state index contributed by atoms with van der Waals surface area (Å²) < 4.78 is 5.54. The van der Waals surface area contributed by atoms with Crippen LogP contribution in [0, 0.1) is 6.92 Å². The van der Waals surface area contributed by atoms with Crippen LogP contribution in [0.5, 0.6) is 5.75 Å². The van der Waals surface area contributed by atoms with Crippen LogP contribution in [0.25, 0.3) is 0 Å². The molecule has 0 amide bonds. The fraction of sp³-hybridized carbons (Fsp3) is 0.600. The molecule has 4 nitrogen and oxygen atoms in total. The Morgan fingerprint density at radius 2 is 2.11 bits per heavy atom. The van der Waals surface area contributed by atoms with Crippen molar-refractivity contribution < 1.29 is 4.74 Å². The summed E-state index contributed by atoms with van der Waals surface area (Å²) in [5, 5.41) is 0. The first-order valence-electron chi connectivity index (χ1n) is 6.93. The third kappa shape index (κ3) is 5.59. The van der Waals surface area contributed by atoms with Gasteiger partial charge in [0.05, 0.1) is 6.61 Å². The maximum atomic E-state index is 5.84. The number of nitrogens with zero attached hydrogens (tertiary/aromatic N) is 1. The maximum Gasteiger partial charge on any atom is 0.122 e. The van der Waals surface area contributed by atoms with E-state index in [-0.39, 0.29) is 6.04 Å². The van der Waals surface area contributed by atoms with Gasteiger partial charge in [-0.3, -0.25) is 0 Å². The minimum absolute atomic E-state index is 0.0621. The highest BCUT2D eigenvalue weighted by Crippen LogP contribution is 2.19. The van der Waals surface area contributed by atoms with Gasteiger partial charge in [-0.05, 0) is 44.5 Å². The van der Waals surface area contributed by atoms with Crippen LogP contribution >= 0.6 is 0 Å². The molecule has 1 aromatic rings. The second-order valence-electron chi connectivity index (χ2n) is 5.04. The van der Waals surface area contributed by atoms with Gasteiger partial charge in [-0.1, -0.05) is 12.1 Å². The Balaban J connectivity index is 2.47. The molecule has 0 radical (unpaired) electrons. The summed E-state index contributed by atoms with van der Waals surface area (Å²) >= 11 is 0. The zero-order valence-corrected chi connectivity index (χ0v) is 12.4. The van der Waals surface area contributed by atoms with E-state index in [9.17, 15) is 0 Å². The van der Waals surface area contributed by atoms with Crippen molar-refractivity contribution in [1.82, 2.24) is 4.90 Å². The molecule has 108 valence electrons. The van der Waals surface area contributed by atoms with Gasteiger partial charge in [-0.15, -0.1) is 0 Å². The molecule has 0 aliphatic heterocycles. The van der Waals surface area contributed by atoms with E-state index < -0.39 is 0 Å². The summed E-state index contributed by atoms with van der Waals surface area (Å²) in [7, 11) is 2.08. The molecule has 1 atom stereocenters. The smallest absolute Gasteiger partial charge is 0.122 e. The molecule has 4 heteroatoms. The Kier molecular flexibility index (Phi) is 6.84. The van der Waals surface area contributed by atoms with Crippen molar-refractivity contribution in [3.05, 3.63) is 29.3 Å². The monoisotopic (exact) mass is 265 g/mol. The SMILES string of the molecule is CCOc1ccc(CCN(C)CC(N)CN)cc1C. The molecule has 1 rings (SSSR count). The molecule has 0 aromatic heterocycles. The Hall–Kier alpha value is -1.10. The van der Waals surface area contributed by atoms with E-state index in [1.165, 1.54) is 11.1 Å². The fourth-order valence-corrected chi connectivity index (χ4v) is 2.07. The lowest BCUT2D eigenvalue weighted by atomic mass is 10.1. The molecule has 0 saturated carbocycles. The second-order valence-corrected chi connectivity index (χ2v) is 5.04. The van der Waals surface area contributed by atoms with Crippen LogP contribution in [-0.4, -0.2) is 44.2 Å². The molecule has 0 spiro atoms. The third-order valence-electron chi connectivity index (χ3n) is 3.17. The normalized spacial score (nSPS) is 12.7. The highest BCUT2D eigenvalue weighted by atomic mass is 16.5. The van der Waals surface area contributed by atoms with Crippen LogP contribution < -0.4 is 16.2 Å². The van der Waals surface area contributed by atoms with E-state index >= 15 is 0 Å². The van der Waals surface area contributed by atoms with Gasteiger partial charge < -0.3 is 21.1 Å². The number of ether oxygens (including phenoxy) is 1. The first-order valence-corrected chi connectivity index (χ1v) is 6.93. The molecule has 0 saturated heterocycles. The quantitative estimate of drug-likeness (QED) is 0.740. The van der Waals surface area contributed by atoms with Crippen molar-refractivity contribution in [3.8, 4) is 5.75 Å². The minimum atomic E-state index is 0.0621. The van der Waals surface area contributed by atoms with Gasteiger partial charge in [-0.25, -0.2) is 0 Å². The Labute approximate surface area is 116 Å². The van der Waals surface area contributed by atoms with E-state index in [0.29, 0.717) is 13.2 Å². The molecular formula is C15H27N3O. The number of likely N-dealkylation sites (N-methyl/N-ethyl adjacent to an activating group) is 1. The van der Waals surface area contributed by atoms with Gasteiger partial charge in [-0.2, -0.15) is 0 Å². The van der Waals surface area contributed by atoms with Crippen molar-refractivity contribution >= 4 is 0 Å². The summed E-state index contributed by atoms with van der Waals surface area (Å²) in [6, 6.07) is 6.45. The van der Waals surface area contributed by atoms with Crippen molar-refractivity contribution in [2.45, 2.75) is 26.3 Å². The second kappa shape index (κ2) is 8.15. The topological polar surface area (TPSA) is 64.5 Å². The van der Waals surface area contributed by atoms with Crippen molar-refractivity contribution in [1.29, 1.82) is 0 Å². The van der Waals surface area contributed by atoms with Crippen LogP contribution in [0.3, 0.4) is 0 Å². The number of rotatable bonds is 8. The summed E-state index contributed by atoms with van der Waals surface area (Å²) in [5.41, 5.74) is 13.9. The van der Waals surface area contributed by atoms with Crippen LogP contribution in [-0.2, 0) is 6.42 Å². The lowest BCUT2D eigenvalue weighted by Gasteiger charge is -2.20. The highest BCUT2D eigenvalue weighted by molar-refractivity contribution is 5.36. The summed E-state index contributed by atoms with van der Waals surface area (Å²) in [5.74, 6) is 0.977. The lowest BCUT2D eigenvalue weighted by molar-refractivity contribution is 0.316. The first kappa shape index (κ1) is 16.0. The van der Waals surface area contributed by atoms with Crippen LogP contribution in [0.4, 0.5) is 0 Å². The number of hydrogen-bond donors (Lipinski definition) is 2. The third-order valence-corrected chi connectivity index (χ3v) is 3.17. The van der Waals surface area contributed by atoms with Crippen LogP contribution in [0.2, 0.25) is 0 Å². The van der Waals surface area contributed by atoms with Gasteiger partial charge in [0.25, 0.3) is 0 Å². The van der Waals surface area contributed by atoms with Gasteiger partial charge >= 0.3 is 0 Å². The van der Waals surface area contributed by atoms with E-state index in [4.69, 9.17) is 16.2 Å². The van der Waals surface area contributed by atoms with Crippen molar-refractivity contribution in [3.63, 3.8) is 0 Å². The highest BCUT2D eigenvalue weighted by Gasteiger charge is 2.06. The maximum absolute atomic E-state index is 5.84. The van der Waals surface area contributed by atoms with Crippen LogP contribution in [0.15, 0.2) is 18.2 Å². The Bertz CT molecular complexity index is 382. The van der Waals surface area contributed by atoms with E-state index in [0.717, 1.165) is 25.3 Å². The standard InChI is InChI=1S/C15H27N3O/c1-4-19-15-6-5-13(9-12(15)2)7-8-18(3)11-14(17)10-16/h5-6,9,14H,4,7-8,10-11,16-17H2,1-3H3. The summed E-state index contributed by atoms with van der Waals surface area (Å²) in [4.78, 5) is 2.23. The molecule has 0 bridgehead atoms. The van der Waals surface area contributed by atoms with E-state index in [2.05, 4.69) is 37.1 Å². The average molecular weight is 265 g/mol. The molecular weight excluding hydrogens is 238 g/mol. The molecule has 1 aromatic carbocycles. The summed E-state index contributed by atoms with van der Waals surface area (Å²) in [6.45, 7) is 7.16. The fourth-order valence-electron chi connectivity index (χ4n) is 2.07. The number of aryl methyl sites for hydroxylation is 1. The van der Waals surface area contributed by atoms with Gasteiger partial charge in [0.15, 0.2) is 0 Å². The van der Waals surface area contributed by atoms with E-state index in [1.54, 1.807) is 0 Å². The number of nitrogens with two attached hydrogens (primary N) is 2. The minimum Gasteiger partial charge on any atom is -0.494 e.